The van der Waals surface area contributed by atoms with E-state index in [4.69, 9.17) is 14.6 Å². The van der Waals surface area contributed by atoms with Gasteiger partial charge in [0.05, 0.1) is 18.4 Å². The van der Waals surface area contributed by atoms with Crippen molar-refractivity contribution >= 4 is 20.9 Å². The Labute approximate surface area is 144 Å². The lowest BCUT2D eigenvalue weighted by molar-refractivity contribution is 0.415. The Morgan fingerprint density at radius 2 is 1.92 bits per heavy atom. The minimum absolute atomic E-state index is 0.0264. The average molecular weight is 362 g/mol. The molecule has 1 heterocycles. The van der Waals surface area contributed by atoms with Crippen LogP contribution in [0.5, 0.6) is 17.2 Å². The summed E-state index contributed by atoms with van der Waals surface area (Å²) in [5, 5.41) is 5.66. The van der Waals surface area contributed by atoms with Crippen LogP contribution < -0.4 is 14.6 Å². The molecule has 0 saturated carbocycles. The molecule has 0 aliphatic carbocycles. The van der Waals surface area contributed by atoms with Gasteiger partial charge in [-0.25, -0.2) is 17.9 Å². The first kappa shape index (κ1) is 17.1. The second kappa shape index (κ2) is 6.66. The molecule has 0 aliphatic rings. The maximum absolute atomic E-state index is 14.2. The topological polar surface area (TPSA) is 91.5 Å². The molecule has 0 unspecified atom stereocenters. The van der Waals surface area contributed by atoms with Gasteiger partial charge in [-0.2, -0.15) is 0 Å². The van der Waals surface area contributed by atoms with Crippen LogP contribution in [0.3, 0.4) is 0 Å². The van der Waals surface area contributed by atoms with Gasteiger partial charge in [-0.15, -0.1) is 0 Å². The first-order chi connectivity index (χ1) is 11.9. The molecule has 3 aromatic rings. The second-order valence-electron chi connectivity index (χ2n) is 5.37. The standard InChI is InChI=1S/C17H15FN2O4S/c1-23-12-3-4-13-15(9-12)20-7-6-16(13)24-17-5-2-11(8-14(17)18)10-25(19,21)22/h2-9H,10H2,1H3,(H2,19,21,22). The van der Waals surface area contributed by atoms with E-state index in [-0.39, 0.29) is 11.3 Å². The van der Waals surface area contributed by atoms with Crippen LogP contribution in [0.15, 0.2) is 48.7 Å². The molecule has 0 amide bonds. The number of aromatic nitrogens is 1. The van der Waals surface area contributed by atoms with Crippen LogP contribution in [-0.4, -0.2) is 20.5 Å². The van der Waals surface area contributed by atoms with E-state index in [0.29, 0.717) is 22.4 Å². The zero-order chi connectivity index (χ0) is 18.0. The van der Waals surface area contributed by atoms with Gasteiger partial charge >= 0.3 is 0 Å². The van der Waals surface area contributed by atoms with Crippen molar-refractivity contribution in [1.82, 2.24) is 4.98 Å². The van der Waals surface area contributed by atoms with E-state index in [9.17, 15) is 12.8 Å². The van der Waals surface area contributed by atoms with E-state index < -0.39 is 21.6 Å². The number of pyridine rings is 1. The fourth-order valence-electron chi connectivity index (χ4n) is 2.39. The van der Waals surface area contributed by atoms with Gasteiger partial charge in [0.25, 0.3) is 0 Å². The quantitative estimate of drug-likeness (QED) is 0.753. The fraction of sp³-hybridized carbons (Fsp3) is 0.118. The summed E-state index contributed by atoms with van der Waals surface area (Å²) in [4.78, 5) is 4.23. The number of fused-ring (bicyclic) bond motifs is 1. The Hall–Kier alpha value is -2.71. The molecule has 130 valence electrons. The van der Waals surface area contributed by atoms with Crippen molar-refractivity contribution in [2.45, 2.75) is 5.75 Å². The summed E-state index contributed by atoms with van der Waals surface area (Å²) in [6.07, 6.45) is 1.55. The van der Waals surface area contributed by atoms with E-state index in [1.807, 2.05) is 0 Å². The summed E-state index contributed by atoms with van der Waals surface area (Å²) in [6.45, 7) is 0. The number of nitrogens with two attached hydrogens (primary N) is 1. The molecule has 8 heteroatoms. The number of ether oxygens (including phenoxy) is 2. The van der Waals surface area contributed by atoms with Gasteiger partial charge in [-0.3, -0.25) is 4.98 Å². The van der Waals surface area contributed by atoms with Crippen molar-refractivity contribution in [3.63, 3.8) is 0 Å². The number of hydrogen-bond donors (Lipinski definition) is 1. The normalized spacial score (nSPS) is 11.5. The maximum atomic E-state index is 14.2. The van der Waals surface area contributed by atoms with Crippen molar-refractivity contribution in [1.29, 1.82) is 0 Å². The Morgan fingerprint density at radius 3 is 2.60 bits per heavy atom. The summed E-state index contributed by atoms with van der Waals surface area (Å²) >= 11 is 0. The third-order valence-corrected chi connectivity index (χ3v) is 4.23. The van der Waals surface area contributed by atoms with Crippen molar-refractivity contribution in [3.05, 3.63) is 60.0 Å². The average Bonchev–Trinajstić information content (AvgIpc) is 2.55. The lowest BCUT2D eigenvalue weighted by Gasteiger charge is -2.11. The lowest BCUT2D eigenvalue weighted by atomic mass is 10.2. The highest BCUT2D eigenvalue weighted by atomic mass is 32.2. The van der Waals surface area contributed by atoms with E-state index in [0.717, 1.165) is 6.07 Å². The monoisotopic (exact) mass is 362 g/mol. The number of sulfonamides is 1. The second-order valence-corrected chi connectivity index (χ2v) is 6.98. The Kier molecular flexibility index (Phi) is 4.56. The third-order valence-electron chi connectivity index (χ3n) is 3.49. The summed E-state index contributed by atoms with van der Waals surface area (Å²) in [6, 6.07) is 10.8. The molecule has 6 nitrogen and oxygen atoms in total. The molecule has 0 radical (unpaired) electrons. The number of rotatable bonds is 5. The summed E-state index contributed by atoms with van der Waals surface area (Å²) in [5.74, 6) is -0.0788. The van der Waals surface area contributed by atoms with Crippen LogP contribution in [0.4, 0.5) is 4.39 Å². The van der Waals surface area contributed by atoms with Crippen LogP contribution in [0.2, 0.25) is 0 Å². The van der Waals surface area contributed by atoms with Gasteiger partial charge < -0.3 is 9.47 Å². The predicted octanol–water partition coefficient (Wildman–Crippen LogP) is 2.96. The van der Waals surface area contributed by atoms with E-state index in [2.05, 4.69) is 4.98 Å². The Bertz CT molecular complexity index is 1040. The number of hydrogen-bond acceptors (Lipinski definition) is 5. The van der Waals surface area contributed by atoms with Gasteiger partial charge in [0.1, 0.15) is 11.5 Å². The van der Waals surface area contributed by atoms with E-state index in [1.54, 1.807) is 37.6 Å². The van der Waals surface area contributed by atoms with Crippen molar-refractivity contribution in [2.24, 2.45) is 5.14 Å². The van der Waals surface area contributed by atoms with Crippen LogP contribution in [0.1, 0.15) is 5.56 Å². The van der Waals surface area contributed by atoms with Gasteiger partial charge in [0.15, 0.2) is 11.6 Å². The largest absolute Gasteiger partial charge is 0.497 e. The first-order valence-electron chi connectivity index (χ1n) is 7.25. The maximum Gasteiger partial charge on any atom is 0.213 e. The van der Waals surface area contributed by atoms with Gasteiger partial charge in [-0.1, -0.05) is 6.07 Å². The zero-order valence-corrected chi connectivity index (χ0v) is 14.1. The highest BCUT2D eigenvalue weighted by molar-refractivity contribution is 7.88. The van der Waals surface area contributed by atoms with Crippen LogP contribution in [-0.2, 0) is 15.8 Å². The van der Waals surface area contributed by atoms with Crippen LogP contribution in [0.25, 0.3) is 10.9 Å². The molecule has 0 atom stereocenters. The minimum Gasteiger partial charge on any atom is -0.497 e. The van der Waals surface area contributed by atoms with E-state index in [1.165, 1.54) is 12.1 Å². The third kappa shape index (κ3) is 4.04. The number of halogens is 1. The van der Waals surface area contributed by atoms with Crippen molar-refractivity contribution in [3.8, 4) is 17.2 Å². The van der Waals surface area contributed by atoms with Crippen LogP contribution >= 0.6 is 0 Å². The van der Waals surface area contributed by atoms with Gasteiger partial charge in [0, 0.05) is 17.6 Å². The van der Waals surface area contributed by atoms with Crippen molar-refractivity contribution in [2.75, 3.05) is 7.11 Å². The summed E-state index contributed by atoms with van der Waals surface area (Å²) < 4.78 is 47.2. The number of primary sulfonamides is 1. The van der Waals surface area contributed by atoms with Gasteiger partial charge in [-0.05, 0) is 35.9 Å². The minimum atomic E-state index is -3.73. The fourth-order valence-corrected chi connectivity index (χ4v) is 3.03. The molecule has 0 spiro atoms. The molecule has 25 heavy (non-hydrogen) atoms. The molecular weight excluding hydrogens is 347 g/mol. The molecular formula is C17H15FN2O4S. The summed E-state index contributed by atoms with van der Waals surface area (Å²) in [7, 11) is -2.17. The Morgan fingerprint density at radius 1 is 1.12 bits per heavy atom. The highest BCUT2D eigenvalue weighted by Gasteiger charge is 2.12. The molecule has 0 bridgehead atoms. The molecule has 0 aliphatic heterocycles. The highest BCUT2D eigenvalue weighted by Crippen LogP contribution is 2.32. The molecule has 1 aromatic heterocycles. The lowest BCUT2D eigenvalue weighted by Crippen LogP contribution is -2.14. The zero-order valence-electron chi connectivity index (χ0n) is 13.3. The van der Waals surface area contributed by atoms with Crippen LogP contribution in [0, 0.1) is 5.82 Å². The molecule has 3 rings (SSSR count). The smallest absolute Gasteiger partial charge is 0.213 e. The number of nitrogens with zero attached hydrogens (tertiary/aromatic N) is 1. The molecule has 2 N–H and O–H groups in total. The SMILES string of the molecule is COc1ccc2c(Oc3ccc(CS(N)(=O)=O)cc3F)ccnc2c1. The Balaban J connectivity index is 1.93. The number of benzene rings is 2. The van der Waals surface area contributed by atoms with Crippen molar-refractivity contribution < 1.29 is 22.3 Å². The predicted molar refractivity (Wildman–Crippen MR) is 91.6 cm³/mol. The molecule has 0 fully saturated rings. The first-order valence-corrected chi connectivity index (χ1v) is 8.97. The summed E-state index contributed by atoms with van der Waals surface area (Å²) in [5.41, 5.74) is 0.889. The molecule has 0 saturated heterocycles. The van der Waals surface area contributed by atoms with E-state index >= 15 is 0 Å². The number of methoxy groups -OCH3 is 1. The molecule has 2 aromatic carbocycles. The van der Waals surface area contributed by atoms with Gasteiger partial charge in [0.2, 0.25) is 10.0 Å².